The number of hydrogen-bond donors (Lipinski definition) is 1. The molecule has 1 heterocycles. The molecular formula is C10H17NO. The number of rotatable bonds is 4. The Balaban J connectivity index is 2.41. The summed E-state index contributed by atoms with van der Waals surface area (Å²) in [5.74, 6) is 0.741. The molecule has 0 saturated heterocycles. The minimum absolute atomic E-state index is 0.147. The SMILES string of the molecule is CC(C)CCn1ccc(CO)c1. The molecule has 0 aliphatic rings. The van der Waals surface area contributed by atoms with Gasteiger partial charge in [0.05, 0.1) is 6.61 Å². The van der Waals surface area contributed by atoms with Crippen LogP contribution in [0.3, 0.4) is 0 Å². The first-order valence-corrected chi connectivity index (χ1v) is 4.48. The van der Waals surface area contributed by atoms with Gasteiger partial charge < -0.3 is 9.67 Å². The van der Waals surface area contributed by atoms with Gasteiger partial charge >= 0.3 is 0 Å². The van der Waals surface area contributed by atoms with Crippen LogP contribution in [0.5, 0.6) is 0 Å². The average Bonchev–Trinajstić information content (AvgIpc) is 2.48. The van der Waals surface area contributed by atoms with E-state index in [0.29, 0.717) is 0 Å². The summed E-state index contributed by atoms with van der Waals surface area (Å²) >= 11 is 0. The summed E-state index contributed by atoms with van der Waals surface area (Å²) in [5, 5.41) is 8.82. The topological polar surface area (TPSA) is 25.2 Å². The zero-order valence-electron chi connectivity index (χ0n) is 7.83. The average molecular weight is 167 g/mol. The Morgan fingerprint density at radius 3 is 2.75 bits per heavy atom. The standard InChI is InChI=1S/C10H17NO/c1-9(2)3-5-11-6-4-10(7-11)8-12/h4,6-7,9,12H,3,5,8H2,1-2H3. The van der Waals surface area contributed by atoms with Gasteiger partial charge in [0.25, 0.3) is 0 Å². The van der Waals surface area contributed by atoms with E-state index in [1.807, 2.05) is 18.5 Å². The van der Waals surface area contributed by atoms with E-state index in [9.17, 15) is 0 Å². The molecule has 1 aromatic rings. The first kappa shape index (κ1) is 9.33. The highest BCUT2D eigenvalue weighted by molar-refractivity contribution is 5.08. The van der Waals surface area contributed by atoms with E-state index < -0.39 is 0 Å². The van der Waals surface area contributed by atoms with Crippen LogP contribution in [0.4, 0.5) is 0 Å². The minimum Gasteiger partial charge on any atom is -0.392 e. The molecule has 1 aromatic heterocycles. The Morgan fingerprint density at radius 2 is 2.25 bits per heavy atom. The molecule has 12 heavy (non-hydrogen) atoms. The van der Waals surface area contributed by atoms with Gasteiger partial charge in [0, 0.05) is 18.9 Å². The summed E-state index contributed by atoms with van der Waals surface area (Å²) in [4.78, 5) is 0. The normalized spacial score (nSPS) is 11.0. The molecule has 0 bridgehead atoms. The van der Waals surface area contributed by atoms with E-state index in [1.54, 1.807) is 0 Å². The molecule has 0 aliphatic carbocycles. The predicted octanol–water partition coefficient (Wildman–Crippen LogP) is 2.03. The second-order valence-corrected chi connectivity index (χ2v) is 3.60. The number of hydrogen-bond acceptors (Lipinski definition) is 1. The van der Waals surface area contributed by atoms with Crippen molar-refractivity contribution in [3.8, 4) is 0 Å². The van der Waals surface area contributed by atoms with Gasteiger partial charge in [0.2, 0.25) is 0 Å². The molecule has 0 spiro atoms. The number of aromatic nitrogens is 1. The fraction of sp³-hybridized carbons (Fsp3) is 0.600. The third-order valence-corrected chi connectivity index (χ3v) is 1.96. The summed E-state index contributed by atoms with van der Waals surface area (Å²) in [7, 11) is 0. The lowest BCUT2D eigenvalue weighted by molar-refractivity contribution is 0.281. The zero-order valence-corrected chi connectivity index (χ0v) is 7.83. The highest BCUT2D eigenvalue weighted by atomic mass is 16.3. The van der Waals surface area contributed by atoms with Gasteiger partial charge in [0.15, 0.2) is 0 Å². The van der Waals surface area contributed by atoms with Crippen molar-refractivity contribution >= 4 is 0 Å². The van der Waals surface area contributed by atoms with E-state index in [4.69, 9.17) is 5.11 Å². The summed E-state index contributed by atoms with van der Waals surface area (Å²) in [6.07, 6.45) is 5.22. The smallest absolute Gasteiger partial charge is 0.0696 e. The van der Waals surface area contributed by atoms with Crippen LogP contribution in [-0.2, 0) is 13.2 Å². The first-order valence-electron chi connectivity index (χ1n) is 4.48. The van der Waals surface area contributed by atoms with Gasteiger partial charge in [-0.2, -0.15) is 0 Å². The monoisotopic (exact) mass is 167 g/mol. The summed E-state index contributed by atoms with van der Waals surface area (Å²) in [6, 6.07) is 1.96. The molecule has 1 rings (SSSR count). The Morgan fingerprint density at radius 1 is 1.50 bits per heavy atom. The zero-order chi connectivity index (χ0) is 8.97. The van der Waals surface area contributed by atoms with Gasteiger partial charge in [0.1, 0.15) is 0 Å². The summed E-state index contributed by atoms with van der Waals surface area (Å²) < 4.78 is 2.13. The molecule has 2 nitrogen and oxygen atoms in total. The number of aliphatic hydroxyl groups is 1. The quantitative estimate of drug-likeness (QED) is 0.729. The van der Waals surface area contributed by atoms with Crippen LogP contribution in [-0.4, -0.2) is 9.67 Å². The van der Waals surface area contributed by atoms with Crippen LogP contribution in [0.15, 0.2) is 18.5 Å². The van der Waals surface area contributed by atoms with Gasteiger partial charge in [-0.05, 0) is 24.0 Å². The molecule has 0 saturated carbocycles. The van der Waals surface area contributed by atoms with Crippen molar-refractivity contribution < 1.29 is 5.11 Å². The van der Waals surface area contributed by atoms with Crippen LogP contribution < -0.4 is 0 Å². The fourth-order valence-electron chi connectivity index (χ4n) is 1.13. The Labute approximate surface area is 73.8 Å². The Hall–Kier alpha value is -0.760. The molecule has 0 radical (unpaired) electrons. The van der Waals surface area contributed by atoms with Crippen LogP contribution in [0, 0.1) is 5.92 Å². The largest absolute Gasteiger partial charge is 0.392 e. The highest BCUT2D eigenvalue weighted by Gasteiger charge is 1.96. The second kappa shape index (κ2) is 4.31. The molecule has 0 aliphatic heterocycles. The maximum Gasteiger partial charge on any atom is 0.0696 e. The van der Waals surface area contributed by atoms with Crippen LogP contribution in [0.1, 0.15) is 25.8 Å². The van der Waals surface area contributed by atoms with E-state index >= 15 is 0 Å². The molecule has 0 atom stereocenters. The number of aliphatic hydroxyl groups excluding tert-OH is 1. The molecule has 0 aromatic carbocycles. The lowest BCUT2D eigenvalue weighted by atomic mass is 10.1. The van der Waals surface area contributed by atoms with Crippen molar-refractivity contribution in [3.05, 3.63) is 24.0 Å². The molecule has 0 amide bonds. The van der Waals surface area contributed by atoms with Crippen molar-refractivity contribution in [2.75, 3.05) is 0 Å². The third-order valence-electron chi connectivity index (χ3n) is 1.96. The summed E-state index contributed by atoms with van der Waals surface area (Å²) in [6.45, 7) is 5.64. The number of aryl methyl sites for hydroxylation is 1. The van der Waals surface area contributed by atoms with Crippen LogP contribution in [0.25, 0.3) is 0 Å². The second-order valence-electron chi connectivity index (χ2n) is 3.60. The van der Waals surface area contributed by atoms with E-state index in [1.165, 1.54) is 6.42 Å². The van der Waals surface area contributed by atoms with Crippen molar-refractivity contribution in [2.24, 2.45) is 5.92 Å². The third kappa shape index (κ3) is 2.70. The van der Waals surface area contributed by atoms with E-state index in [0.717, 1.165) is 18.0 Å². The molecule has 0 fully saturated rings. The molecular weight excluding hydrogens is 150 g/mol. The highest BCUT2D eigenvalue weighted by Crippen LogP contribution is 2.05. The fourth-order valence-corrected chi connectivity index (χ4v) is 1.13. The van der Waals surface area contributed by atoms with Crippen LogP contribution >= 0.6 is 0 Å². The number of nitrogens with zero attached hydrogens (tertiary/aromatic N) is 1. The van der Waals surface area contributed by atoms with Crippen molar-refractivity contribution in [2.45, 2.75) is 33.4 Å². The summed E-state index contributed by atoms with van der Waals surface area (Å²) in [5.41, 5.74) is 0.999. The maximum atomic E-state index is 8.82. The van der Waals surface area contributed by atoms with E-state index in [2.05, 4.69) is 18.4 Å². The lowest BCUT2D eigenvalue weighted by Crippen LogP contribution is -1.98. The minimum atomic E-state index is 0.147. The maximum absolute atomic E-state index is 8.82. The molecule has 0 unspecified atom stereocenters. The van der Waals surface area contributed by atoms with Crippen molar-refractivity contribution in [1.82, 2.24) is 4.57 Å². The molecule has 68 valence electrons. The lowest BCUT2D eigenvalue weighted by Gasteiger charge is -2.04. The Bertz CT molecular complexity index is 227. The van der Waals surface area contributed by atoms with Crippen molar-refractivity contribution in [1.29, 1.82) is 0 Å². The van der Waals surface area contributed by atoms with Gasteiger partial charge in [-0.3, -0.25) is 0 Å². The Kier molecular flexibility index (Phi) is 3.35. The predicted molar refractivity (Wildman–Crippen MR) is 49.8 cm³/mol. The van der Waals surface area contributed by atoms with Gasteiger partial charge in [-0.15, -0.1) is 0 Å². The van der Waals surface area contributed by atoms with Gasteiger partial charge in [-0.1, -0.05) is 13.8 Å². The first-order chi connectivity index (χ1) is 5.72. The van der Waals surface area contributed by atoms with Gasteiger partial charge in [-0.25, -0.2) is 0 Å². The molecule has 1 N–H and O–H groups in total. The molecule has 2 heteroatoms. The van der Waals surface area contributed by atoms with Crippen molar-refractivity contribution in [3.63, 3.8) is 0 Å². The van der Waals surface area contributed by atoms with Crippen LogP contribution in [0.2, 0.25) is 0 Å². The van der Waals surface area contributed by atoms with E-state index in [-0.39, 0.29) is 6.61 Å².